The van der Waals surface area contributed by atoms with Gasteiger partial charge in [-0.2, -0.15) is 4.65 Å². The molecule has 0 spiro atoms. The molecule has 2 atom stereocenters. The van der Waals surface area contributed by atoms with Gasteiger partial charge in [-0.3, -0.25) is 10.2 Å². The van der Waals surface area contributed by atoms with Crippen molar-refractivity contribution in [2.24, 2.45) is 0 Å². The first-order valence-corrected chi connectivity index (χ1v) is 6.75. The highest BCUT2D eigenvalue weighted by Crippen LogP contribution is 2.13. The van der Waals surface area contributed by atoms with Crippen molar-refractivity contribution in [3.8, 4) is 0 Å². The van der Waals surface area contributed by atoms with Gasteiger partial charge in [-0.05, 0) is 18.6 Å². The molecule has 19 heavy (non-hydrogen) atoms. The second-order valence-electron chi connectivity index (χ2n) is 5.38. The monoisotopic (exact) mass is 264 g/mol. The van der Waals surface area contributed by atoms with E-state index in [2.05, 4.69) is 10.9 Å². The molecule has 0 aliphatic carbocycles. The Kier molecular flexibility index (Phi) is 4.52. The van der Waals surface area contributed by atoms with Crippen LogP contribution in [0.1, 0.15) is 29.6 Å². The normalized spacial score (nSPS) is 27.6. The van der Waals surface area contributed by atoms with Crippen LogP contribution in [-0.4, -0.2) is 41.9 Å². The van der Waals surface area contributed by atoms with Gasteiger partial charge in [-0.15, -0.1) is 0 Å². The summed E-state index contributed by atoms with van der Waals surface area (Å²) in [4.78, 5) is 11.9. The minimum absolute atomic E-state index is 0.0742. The molecule has 1 aromatic rings. The number of carbonyl (C=O) groups excluding carboxylic acids is 1. The van der Waals surface area contributed by atoms with E-state index in [0.717, 1.165) is 25.8 Å². The van der Waals surface area contributed by atoms with Crippen molar-refractivity contribution in [2.75, 3.05) is 20.1 Å². The fraction of sp³-hybridized carbons (Fsp3) is 0.500. The Morgan fingerprint density at radius 1 is 1.26 bits per heavy atom. The SMILES string of the molecule is C[N+]1(O)CCCC(NNC(=O)c2ccccc2)CC1. The van der Waals surface area contributed by atoms with Crippen LogP contribution in [0.5, 0.6) is 0 Å². The number of hydrazine groups is 1. The minimum atomic E-state index is -0.119. The van der Waals surface area contributed by atoms with Gasteiger partial charge in [0.2, 0.25) is 0 Å². The lowest BCUT2D eigenvalue weighted by Gasteiger charge is -2.23. The van der Waals surface area contributed by atoms with E-state index in [0.29, 0.717) is 12.1 Å². The van der Waals surface area contributed by atoms with Gasteiger partial charge >= 0.3 is 0 Å². The lowest BCUT2D eigenvalue weighted by atomic mass is 10.1. The Morgan fingerprint density at radius 2 is 2.00 bits per heavy atom. The maximum Gasteiger partial charge on any atom is 0.265 e. The van der Waals surface area contributed by atoms with Gasteiger partial charge in [0.1, 0.15) is 13.1 Å². The molecule has 1 heterocycles. The molecule has 1 aliphatic rings. The number of likely N-dealkylation sites (tertiary alicyclic amines) is 1. The summed E-state index contributed by atoms with van der Waals surface area (Å²) in [6.45, 7) is 1.48. The number of hydroxylamine groups is 3. The van der Waals surface area contributed by atoms with E-state index in [4.69, 9.17) is 0 Å². The number of nitrogens with zero attached hydrogens (tertiary/aromatic N) is 1. The first-order valence-electron chi connectivity index (χ1n) is 6.75. The predicted octanol–water partition coefficient (Wildman–Crippen LogP) is 1.31. The fourth-order valence-electron chi connectivity index (χ4n) is 2.34. The third kappa shape index (κ3) is 4.31. The van der Waals surface area contributed by atoms with Crippen LogP contribution in [0.25, 0.3) is 0 Å². The van der Waals surface area contributed by atoms with Gasteiger partial charge < -0.3 is 0 Å². The average molecular weight is 264 g/mol. The highest BCUT2D eigenvalue weighted by atomic mass is 16.5. The van der Waals surface area contributed by atoms with Crippen LogP contribution < -0.4 is 10.9 Å². The summed E-state index contributed by atoms with van der Waals surface area (Å²) in [6, 6.07) is 9.36. The molecule has 104 valence electrons. The lowest BCUT2D eigenvalue weighted by Crippen LogP contribution is -2.46. The molecule has 2 unspecified atom stereocenters. The third-order valence-electron chi connectivity index (χ3n) is 3.58. The summed E-state index contributed by atoms with van der Waals surface area (Å²) in [5, 5.41) is 9.95. The van der Waals surface area contributed by atoms with Crippen LogP contribution in [0.4, 0.5) is 0 Å². The molecule has 1 saturated heterocycles. The van der Waals surface area contributed by atoms with Crippen LogP contribution in [0.2, 0.25) is 0 Å². The van der Waals surface area contributed by atoms with Crippen molar-refractivity contribution in [1.29, 1.82) is 0 Å². The van der Waals surface area contributed by atoms with Gasteiger partial charge in [-0.25, -0.2) is 10.6 Å². The summed E-state index contributed by atoms with van der Waals surface area (Å²) in [6.07, 6.45) is 2.76. The molecule has 0 bridgehead atoms. The first-order chi connectivity index (χ1) is 9.07. The minimum Gasteiger partial charge on any atom is -0.287 e. The van der Waals surface area contributed by atoms with Crippen LogP contribution in [-0.2, 0) is 0 Å². The largest absolute Gasteiger partial charge is 0.287 e. The quantitative estimate of drug-likeness (QED) is 0.570. The molecule has 0 aromatic heterocycles. The molecular weight excluding hydrogens is 242 g/mol. The maximum atomic E-state index is 11.9. The van der Waals surface area contributed by atoms with E-state index in [1.54, 1.807) is 12.1 Å². The molecule has 5 heteroatoms. The van der Waals surface area contributed by atoms with Gasteiger partial charge in [0.25, 0.3) is 5.91 Å². The summed E-state index contributed by atoms with van der Waals surface area (Å²) in [5.74, 6) is -0.119. The summed E-state index contributed by atoms with van der Waals surface area (Å²) in [7, 11) is 1.82. The zero-order valence-corrected chi connectivity index (χ0v) is 11.3. The van der Waals surface area contributed by atoms with Gasteiger partial charge in [0.05, 0.1) is 7.05 Å². The Balaban J connectivity index is 1.81. The molecule has 1 aromatic carbocycles. The second kappa shape index (κ2) is 6.14. The van der Waals surface area contributed by atoms with E-state index in [-0.39, 0.29) is 16.6 Å². The molecule has 2 rings (SSSR count). The zero-order chi connectivity index (χ0) is 13.7. The van der Waals surface area contributed by atoms with E-state index in [9.17, 15) is 10.0 Å². The molecule has 0 saturated carbocycles. The molecule has 3 N–H and O–H groups in total. The lowest BCUT2D eigenvalue weighted by molar-refractivity contribution is -1.09. The Bertz CT molecular complexity index is 420. The smallest absolute Gasteiger partial charge is 0.265 e. The predicted molar refractivity (Wildman–Crippen MR) is 72.4 cm³/mol. The van der Waals surface area contributed by atoms with E-state index >= 15 is 0 Å². The maximum absolute atomic E-state index is 11.9. The van der Waals surface area contributed by atoms with E-state index in [1.165, 1.54) is 0 Å². The molecule has 1 aliphatic heterocycles. The van der Waals surface area contributed by atoms with Gasteiger partial charge in [-0.1, -0.05) is 18.2 Å². The zero-order valence-electron chi connectivity index (χ0n) is 11.3. The topological polar surface area (TPSA) is 61.4 Å². The van der Waals surface area contributed by atoms with E-state index in [1.807, 2.05) is 25.2 Å². The van der Waals surface area contributed by atoms with E-state index < -0.39 is 0 Å². The third-order valence-corrected chi connectivity index (χ3v) is 3.58. The summed E-state index contributed by atoms with van der Waals surface area (Å²) >= 11 is 0. The van der Waals surface area contributed by atoms with Crippen molar-refractivity contribution in [3.05, 3.63) is 35.9 Å². The molecule has 1 fully saturated rings. The Hall–Kier alpha value is -1.43. The second-order valence-corrected chi connectivity index (χ2v) is 5.38. The van der Waals surface area contributed by atoms with Gasteiger partial charge in [0.15, 0.2) is 0 Å². The number of carbonyl (C=O) groups is 1. The summed E-state index contributed by atoms with van der Waals surface area (Å²) < 4.78 is 0.0742. The van der Waals surface area contributed by atoms with Crippen LogP contribution >= 0.6 is 0 Å². The highest BCUT2D eigenvalue weighted by Gasteiger charge is 2.25. The highest BCUT2D eigenvalue weighted by molar-refractivity contribution is 5.93. The number of rotatable bonds is 3. The number of amides is 1. The number of quaternary nitrogens is 1. The molecular formula is C14H22N3O2+. The van der Waals surface area contributed by atoms with Crippen LogP contribution in [0, 0.1) is 0 Å². The molecule has 0 radical (unpaired) electrons. The average Bonchev–Trinajstić information content (AvgIpc) is 2.58. The van der Waals surface area contributed by atoms with Crippen molar-refractivity contribution in [2.45, 2.75) is 25.3 Å². The number of hydrogen-bond acceptors (Lipinski definition) is 3. The number of benzene rings is 1. The van der Waals surface area contributed by atoms with Crippen molar-refractivity contribution in [1.82, 2.24) is 10.9 Å². The van der Waals surface area contributed by atoms with Crippen LogP contribution in [0.15, 0.2) is 30.3 Å². The molecule has 5 nitrogen and oxygen atoms in total. The van der Waals surface area contributed by atoms with Crippen molar-refractivity contribution >= 4 is 5.91 Å². The Labute approximate surface area is 113 Å². The van der Waals surface area contributed by atoms with Crippen molar-refractivity contribution < 1.29 is 14.6 Å². The standard InChI is InChI=1S/C14H21N3O2/c1-17(19)10-5-8-13(9-11-17)15-16-14(18)12-6-3-2-4-7-12/h2-4,6-7,13,15,19H,5,8-11H2,1H3/p+1. The first kappa shape index (κ1) is 14.0. The number of nitrogens with one attached hydrogen (secondary N) is 2. The molecule has 1 amide bonds. The number of hydrogen-bond donors (Lipinski definition) is 3. The fourth-order valence-corrected chi connectivity index (χ4v) is 2.34. The summed E-state index contributed by atoms with van der Waals surface area (Å²) in [5.41, 5.74) is 6.47. The van der Waals surface area contributed by atoms with Gasteiger partial charge in [0, 0.05) is 24.4 Å². The van der Waals surface area contributed by atoms with Crippen LogP contribution in [0.3, 0.4) is 0 Å². The van der Waals surface area contributed by atoms with Crippen molar-refractivity contribution in [3.63, 3.8) is 0 Å². The Morgan fingerprint density at radius 3 is 2.74 bits per heavy atom.